The van der Waals surface area contributed by atoms with Crippen LogP contribution in [0.25, 0.3) is 0 Å². The number of amides is 1. The van der Waals surface area contributed by atoms with Gasteiger partial charge in [-0.1, -0.05) is 0 Å². The molecule has 1 heterocycles. The maximum Gasteiger partial charge on any atom is 1.00 e. The van der Waals surface area contributed by atoms with Crippen molar-refractivity contribution in [3.8, 4) is 0 Å². The van der Waals surface area contributed by atoms with Crippen molar-refractivity contribution in [2.75, 3.05) is 27.3 Å². The van der Waals surface area contributed by atoms with E-state index < -0.39 is 7.82 Å². The molecule has 7 nitrogen and oxygen atoms in total. The molecule has 1 fully saturated rings. The summed E-state index contributed by atoms with van der Waals surface area (Å²) in [5.74, 6) is 0.0926. The molecule has 0 radical (unpaired) electrons. The van der Waals surface area contributed by atoms with Gasteiger partial charge < -0.3 is 41.3 Å². The molecule has 0 atom stereocenters. The minimum absolute atomic E-state index is 0. The summed E-state index contributed by atoms with van der Waals surface area (Å²) in [5, 5.41) is 0. The van der Waals surface area contributed by atoms with Gasteiger partial charge in [-0.15, -0.1) is 0 Å². The van der Waals surface area contributed by atoms with Crippen molar-refractivity contribution in [1.29, 1.82) is 0 Å². The first kappa shape index (κ1) is 27.0. The summed E-state index contributed by atoms with van der Waals surface area (Å²) in [6.07, 6.45) is 2.56. The average molecular weight is 344 g/mol. The Labute approximate surface area is 130 Å². The van der Waals surface area contributed by atoms with Crippen LogP contribution < -0.4 is 35.8 Å². The first-order valence-corrected chi connectivity index (χ1v) is 6.25. The second-order valence-electron chi connectivity index (χ2n) is 3.25. The van der Waals surface area contributed by atoms with Gasteiger partial charge in [0.1, 0.15) is 0 Å². The molecule has 1 amide bonds. The third-order valence-electron chi connectivity index (χ3n) is 1.46. The second-order valence-corrected chi connectivity index (χ2v) is 4.27. The van der Waals surface area contributed by atoms with Crippen molar-refractivity contribution in [3.63, 3.8) is 0 Å². The Morgan fingerprint density at radius 2 is 1.39 bits per heavy atom. The molecular formula is C8H20BrLiNO6P. The van der Waals surface area contributed by atoms with Crippen LogP contribution in [-0.4, -0.2) is 52.8 Å². The van der Waals surface area contributed by atoms with Crippen LogP contribution in [0, 0.1) is 0 Å². The van der Waals surface area contributed by atoms with E-state index >= 15 is 0 Å². The first-order chi connectivity index (χ1) is 7.14. The predicted octanol–water partition coefficient (Wildman–Crippen LogP) is -6.03. The van der Waals surface area contributed by atoms with Crippen molar-refractivity contribution in [3.05, 3.63) is 0 Å². The van der Waals surface area contributed by atoms with E-state index in [4.69, 9.17) is 24.0 Å². The van der Waals surface area contributed by atoms with Crippen LogP contribution in [0.4, 0.5) is 0 Å². The van der Waals surface area contributed by atoms with Gasteiger partial charge in [-0.25, -0.2) is 4.57 Å². The number of carbonyl (C=O) groups excluding carboxylic acids is 1. The van der Waals surface area contributed by atoms with Crippen molar-refractivity contribution >= 4 is 13.7 Å². The first-order valence-electron chi connectivity index (χ1n) is 4.68. The molecule has 18 heavy (non-hydrogen) atoms. The predicted molar refractivity (Wildman–Crippen MR) is 58.7 cm³/mol. The van der Waals surface area contributed by atoms with E-state index in [9.17, 15) is 4.79 Å². The van der Waals surface area contributed by atoms with Crippen molar-refractivity contribution in [2.24, 2.45) is 0 Å². The number of ether oxygens (including phenoxy) is 1. The smallest absolute Gasteiger partial charge is 1.00 e. The topological polar surface area (TPSA) is 107 Å². The van der Waals surface area contributed by atoms with Crippen molar-refractivity contribution < 1.29 is 64.6 Å². The SMILES string of the molecule is C1CCOC1.CC(=O)N(C)C.O=P(O)(O)O.[Br-].[Li+]. The minimum Gasteiger partial charge on any atom is -1.00 e. The number of carbonyl (C=O) groups is 1. The summed E-state index contributed by atoms with van der Waals surface area (Å²) >= 11 is 0. The molecule has 0 spiro atoms. The van der Waals surface area contributed by atoms with Gasteiger partial charge in [0, 0.05) is 34.2 Å². The largest absolute Gasteiger partial charge is 1.00 e. The average Bonchev–Trinajstić information content (AvgIpc) is 2.56. The van der Waals surface area contributed by atoms with E-state index in [1.165, 1.54) is 24.7 Å². The van der Waals surface area contributed by atoms with Gasteiger partial charge in [0.15, 0.2) is 0 Å². The van der Waals surface area contributed by atoms with E-state index in [-0.39, 0.29) is 41.7 Å². The third-order valence-corrected chi connectivity index (χ3v) is 1.46. The number of phosphoric acid groups is 1. The Balaban J connectivity index is -0.0000000776. The summed E-state index contributed by atoms with van der Waals surface area (Å²) in [4.78, 5) is 33.2. The molecule has 0 aromatic carbocycles. The summed E-state index contributed by atoms with van der Waals surface area (Å²) in [6.45, 7) is 3.53. The number of hydrogen-bond acceptors (Lipinski definition) is 3. The Morgan fingerprint density at radius 1 is 1.17 bits per heavy atom. The normalized spacial score (nSPS) is 12.6. The zero-order valence-corrected chi connectivity index (χ0v) is 13.6. The van der Waals surface area contributed by atoms with E-state index in [0.29, 0.717) is 0 Å². The minimum atomic E-state index is -4.64. The summed E-state index contributed by atoms with van der Waals surface area (Å²) in [6, 6.07) is 0. The maximum absolute atomic E-state index is 10.1. The number of nitrogens with zero attached hydrogens (tertiary/aromatic N) is 1. The van der Waals surface area contributed by atoms with E-state index in [2.05, 4.69) is 0 Å². The second kappa shape index (κ2) is 15.7. The van der Waals surface area contributed by atoms with Gasteiger partial charge >= 0.3 is 26.7 Å². The number of rotatable bonds is 0. The summed E-state index contributed by atoms with van der Waals surface area (Å²) in [5.41, 5.74) is 0. The maximum atomic E-state index is 10.1. The fraction of sp³-hybridized carbons (Fsp3) is 0.875. The molecule has 0 unspecified atom stereocenters. The molecule has 1 saturated heterocycles. The van der Waals surface area contributed by atoms with Gasteiger partial charge in [0.2, 0.25) is 5.91 Å². The molecule has 1 aliphatic heterocycles. The van der Waals surface area contributed by atoms with Crippen LogP contribution >= 0.6 is 7.82 Å². The van der Waals surface area contributed by atoms with Crippen LogP contribution in [0.3, 0.4) is 0 Å². The molecule has 1 rings (SSSR count). The zero-order chi connectivity index (χ0) is 13.2. The van der Waals surface area contributed by atoms with Gasteiger partial charge in [-0.05, 0) is 12.8 Å². The van der Waals surface area contributed by atoms with Gasteiger partial charge in [-0.3, -0.25) is 4.79 Å². The molecule has 10 heteroatoms. The Kier molecular flexibility index (Phi) is 23.5. The van der Waals surface area contributed by atoms with E-state index in [1.807, 2.05) is 0 Å². The van der Waals surface area contributed by atoms with Crippen LogP contribution in [0.2, 0.25) is 0 Å². The molecule has 0 saturated carbocycles. The summed E-state index contributed by atoms with van der Waals surface area (Å²) in [7, 11) is -1.19. The standard InChI is InChI=1S/C4H9NO.C4H8O.BrH.Li.H3O4P/c1-4(6)5(2)3;1-2-4-5-3-1;;;1-5(2,3)4/h1-3H3;1-4H2;1H;;(H3,1,2,3,4)/q;;;+1;/p-1. The van der Waals surface area contributed by atoms with Crippen LogP contribution in [0.15, 0.2) is 0 Å². The Bertz CT molecular complexity index is 218. The molecule has 3 N–H and O–H groups in total. The van der Waals surface area contributed by atoms with Gasteiger partial charge in [0.25, 0.3) is 0 Å². The molecule has 0 aromatic rings. The molecular weight excluding hydrogens is 324 g/mol. The van der Waals surface area contributed by atoms with Gasteiger partial charge in [-0.2, -0.15) is 0 Å². The molecule has 0 bridgehead atoms. The monoisotopic (exact) mass is 343 g/mol. The van der Waals surface area contributed by atoms with E-state index in [0.717, 1.165) is 13.2 Å². The van der Waals surface area contributed by atoms with E-state index in [1.54, 1.807) is 14.1 Å². The Hall–Kier alpha value is 0.617. The fourth-order valence-electron chi connectivity index (χ4n) is 0.510. The third kappa shape index (κ3) is 43.8. The van der Waals surface area contributed by atoms with Gasteiger partial charge in [0.05, 0.1) is 0 Å². The van der Waals surface area contributed by atoms with Crippen LogP contribution in [-0.2, 0) is 14.1 Å². The van der Waals surface area contributed by atoms with Crippen LogP contribution in [0.1, 0.15) is 19.8 Å². The Morgan fingerprint density at radius 3 is 1.44 bits per heavy atom. The van der Waals surface area contributed by atoms with Crippen molar-refractivity contribution in [2.45, 2.75) is 19.8 Å². The number of hydrogen-bond donors (Lipinski definition) is 3. The zero-order valence-electron chi connectivity index (χ0n) is 11.2. The summed E-state index contributed by atoms with van der Waals surface area (Å²) < 4.78 is 13.8. The van der Waals surface area contributed by atoms with Crippen LogP contribution in [0.5, 0.6) is 0 Å². The number of halogens is 1. The molecule has 0 aliphatic carbocycles. The molecule has 106 valence electrons. The van der Waals surface area contributed by atoms with Crippen molar-refractivity contribution in [1.82, 2.24) is 4.90 Å². The molecule has 1 aliphatic rings. The molecule has 0 aromatic heterocycles. The fourth-order valence-corrected chi connectivity index (χ4v) is 0.510. The quantitative estimate of drug-likeness (QED) is 0.298.